The second-order valence-corrected chi connectivity index (χ2v) is 6.01. The van der Waals surface area contributed by atoms with Gasteiger partial charge < -0.3 is 0 Å². The molecule has 0 radical (unpaired) electrons. The molecule has 2 unspecified atom stereocenters. The van der Waals surface area contributed by atoms with Crippen molar-refractivity contribution in [2.75, 3.05) is 11.5 Å². The van der Waals surface area contributed by atoms with Gasteiger partial charge in [0.25, 0.3) is 0 Å². The minimum absolute atomic E-state index is 0.468. The summed E-state index contributed by atoms with van der Waals surface area (Å²) in [6, 6.07) is 0. The van der Waals surface area contributed by atoms with Gasteiger partial charge in [0.05, 0.1) is 0 Å². The molecule has 2 heteroatoms. The zero-order valence-corrected chi connectivity index (χ0v) is 10.9. The lowest BCUT2D eigenvalue weighted by molar-refractivity contribution is 0.496. The molecule has 0 spiro atoms. The van der Waals surface area contributed by atoms with Crippen LogP contribution in [0.2, 0.25) is 0 Å². The van der Waals surface area contributed by atoms with Gasteiger partial charge in [-0.25, -0.2) is 0 Å². The number of alkyl halides is 1. The molecule has 0 aromatic rings. The molecule has 1 aliphatic heterocycles. The molecule has 0 amide bonds. The van der Waals surface area contributed by atoms with Gasteiger partial charge >= 0.3 is 0 Å². The molecule has 1 heterocycles. The van der Waals surface area contributed by atoms with E-state index in [9.17, 15) is 0 Å². The van der Waals surface area contributed by atoms with Crippen LogP contribution in [0.4, 0.5) is 0 Å². The molecule has 1 aliphatic rings. The quantitative estimate of drug-likeness (QED) is 0.454. The summed E-state index contributed by atoms with van der Waals surface area (Å²) in [5.41, 5.74) is 0. The average Bonchev–Trinajstić information content (AvgIpc) is 2.58. The molecule has 0 nitrogen and oxygen atoms in total. The Morgan fingerprint density at radius 2 is 1.79 bits per heavy atom. The van der Waals surface area contributed by atoms with Crippen molar-refractivity contribution in [3.63, 3.8) is 0 Å². The highest BCUT2D eigenvalue weighted by atomic mass is 35.5. The number of hydrogen-bond donors (Lipinski definition) is 0. The summed E-state index contributed by atoms with van der Waals surface area (Å²) in [5.74, 6) is 3.30. The average molecular weight is 235 g/mol. The van der Waals surface area contributed by atoms with Crippen LogP contribution < -0.4 is 0 Å². The smallest absolute Gasteiger partial charge is 0.0462 e. The summed E-state index contributed by atoms with van der Waals surface area (Å²) in [5, 5.41) is 0.468. The third-order valence-corrected chi connectivity index (χ3v) is 5.00. The molecule has 14 heavy (non-hydrogen) atoms. The predicted octanol–water partition coefficient (Wildman–Crippen LogP) is 4.71. The highest BCUT2D eigenvalue weighted by Gasteiger charge is 2.24. The summed E-state index contributed by atoms with van der Waals surface area (Å²) in [6.45, 7) is 2.27. The first-order valence-corrected chi connectivity index (χ1v) is 7.65. The van der Waals surface area contributed by atoms with E-state index in [1.807, 2.05) is 11.8 Å². The van der Waals surface area contributed by atoms with Gasteiger partial charge in [0.1, 0.15) is 0 Å². The van der Waals surface area contributed by atoms with Crippen LogP contribution in [0.15, 0.2) is 0 Å². The molecule has 1 saturated heterocycles. The lowest BCUT2D eigenvalue weighted by Gasteiger charge is -2.11. The first kappa shape index (κ1) is 12.7. The van der Waals surface area contributed by atoms with E-state index in [0.29, 0.717) is 5.38 Å². The molecular formula is C12H23ClS. The Morgan fingerprint density at radius 1 is 1.07 bits per heavy atom. The fraction of sp³-hybridized carbons (Fsp3) is 1.00. The van der Waals surface area contributed by atoms with Crippen molar-refractivity contribution < 1.29 is 0 Å². The standard InChI is InChI=1S/C12H23ClS/c1-2-3-4-5-6-7-8-11-9-14-10-12(11)13/h11-12H,2-10H2,1H3. The molecule has 1 rings (SSSR count). The number of hydrogen-bond acceptors (Lipinski definition) is 1. The molecule has 2 atom stereocenters. The second kappa shape index (κ2) is 7.87. The normalized spacial score (nSPS) is 27.0. The van der Waals surface area contributed by atoms with Crippen molar-refractivity contribution in [3.05, 3.63) is 0 Å². The largest absolute Gasteiger partial charge is 0.160 e. The van der Waals surface area contributed by atoms with Gasteiger partial charge in [-0.15, -0.1) is 11.6 Å². The second-order valence-electron chi connectivity index (χ2n) is 4.37. The van der Waals surface area contributed by atoms with E-state index in [-0.39, 0.29) is 0 Å². The van der Waals surface area contributed by atoms with Crippen LogP contribution >= 0.6 is 23.4 Å². The minimum Gasteiger partial charge on any atom is -0.160 e. The Bertz CT molecular complexity index is 138. The summed E-state index contributed by atoms with van der Waals surface area (Å²) in [4.78, 5) is 0. The monoisotopic (exact) mass is 234 g/mol. The molecular weight excluding hydrogens is 212 g/mol. The number of rotatable bonds is 7. The highest BCUT2D eigenvalue weighted by molar-refractivity contribution is 7.99. The van der Waals surface area contributed by atoms with E-state index in [1.54, 1.807) is 0 Å². The van der Waals surface area contributed by atoms with Gasteiger partial charge in [-0.1, -0.05) is 45.4 Å². The summed E-state index contributed by atoms with van der Waals surface area (Å²) in [7, 11) is 0. The van der Waals surface area contributed by atoms with Crippen molar-refractivity contribution in [2.24, 2.45) is 5.92 Å². The highest BCUT2D eigenvalue weighted by Crippen LogP contribution is 2.32. The first-order valence-electron chi connectivity index (χ1n) is 6.06. The third-order valence-electron chi connectivity index (χ3n) is 3.05. The molecule has 1 fully saturated rings. The lowest BCUT2D eigenvalue weighted by atomic mass is 9.99. The van der Waals surface area contributed by atoms with Gasteiger partial charge in [-0.2, -0.15) is 11.8 Å². The fourth-order valence-electron chi connectivity index (χ4n) is 2.02. The van der Waals surface area contributed by atoms with Gasteiger partial charge in [0, 0.05) is 11.1 Å². The van der Waals surface area contributed by atoms with Crippen molar-refractivity contribution >= 4 is 23.4 Å². The Morgan fingerprint density at radius 3 is 2.43 bits per heavy atom. The Balaban J connectivity index is 1.88. The van der Waals surface area contributed by atoms with Gasteiger partial charge in [0.2, 0.25) is 0 Å². The third kappa shape index (κ3) is 4.93. The summed E-state index contributed by atoms with van der Waals surface area (Å²) < 4.78 is 0. The van der Waals surface area contributed by atoms with Crippen LogP contribution in [0, 0.1) is 5.92 Å². The van der Waals surface area contributed by atoms with Gasteiger partial charge in [-0.05, 0) is 18.1 Å². The van der Waals surface area contributed by atoms with E-state index in [4.69, 9.17) is 11.6 Å². The van der Waals surface area contributed by atoms with Crippen LogP contribution in [0.3, 0.4) is 0 Å². The SMILES string of the molecule is CCCCCCCCC1CSCC1Cl. The molecule has 0 N–H and O–H groups in total. The molecule has 0 saturated carbocycles. The maximum atomic E-state index is 6.22. The molecule has 0 aromatic heterocycles. The Labute approximate surface area is 98.2 Å². The lowest BCUT2D eigenvalue weighted by Crippen LogP contribution is -2.11. The zero-order valence-electron chi connectivity index (χ0n) is 9.30. The maximum Gasteiger partial charge on any atom is 0.0462 e. The first-order chi connectivity index (χ1) is 6.84. The summed E-state index contributed by atoms with van der Waals surface area (Å²) >= 11 is 8.25. The van der Waals surface area contributed by atoms with Crippen LogP contribution in [-0.4, -0.2) is 16.9 Å². The van der Waals surface area contributed by atoms with Crippen LogP contribution in [-0.2, 0) is 0 Å². The molecule has 0 bridgehead atoms. The minimum atomic E-state index is 0.468. The topological polar surface area (TPSA) is 0 Å². The van der Waals surface area contributed by atoms with Crippen molar-refractivity contribution in [2.45, 2.75) is 57.2 Å². The van der Waals surface area contributed by atoms with E-state index in [1.165, 1.54) is 56.5 Å². The van der Waals surface area contributed by atoms with Crippen molar-refractivity contribution in [1.29, 1.82) is 0 Å². The number of thioether (sulfide) groups is 1. The Kier molecular flexibility index (Phi) is 7.14. The van der Waals surface area contributed by atoms with Crippen LogP contribution in [0.25, 0.3) is 0 Å². The zero-order chi connectivity index (χ0) is 10.2. The Hall–Kier alpha value is 0.640. The van der Waals surface area contributed by atoms with Gasteiger partial charge in [-0.3, -0.25) is 0 Å². The molecule has 84 valence electrons. The maximum absolute atomic E-state index is 6.22. The van der Waals surface area contributed by atoms with Crippen LogP contribution in [0.1, 0.15) is 51.9 Å². The summed E-state index contributed by atoms with van der Waals surface area (Å²) in [6.07, 6.45) is 9.82. The van der Waals surface area contributed by atoms with Crippen molar-refractivity contribution in [3.8, 4) is 0 Å². The van der Waals surface area contributed by atoms with E-state index in [0.717, 1.165) is 5.92 Å². The molecule has 0 aliphatic carbocycles. The van der Waals surface area contributed by atoms with E-state index in [2.05, 4.69) is 6.92 Å². The molecule has 0 aromatic carbocycles. The van der Waals surface area contributed by atoms with Gasteiger partial charge in [0.15, 0.2) is 0 Å². The van der Waals surface area contributed by atoms with E-state index < -0.39 is 0 Å². The predicted molar refractivity (Wildman–Crippen MR) is 68.4 cm³/mol. The van der Waals surface area contributed by atoms with E-state index >= 15 is 0 Å². The number of halogens is 1. The fourth-order valence-corrected chi connectivity index (χ4v) is 3.95. The number of unbranched alkanes of at least 4 members (excludes halogenated alkanes) is 5. The van der Waals surface area contributed by atoms with Crippen LogP contribution in [0.5, 0.6) is 0 Å². The van der Waals surface area contributed by atoms with Crippen molar-refractivity contribution in [1.82, 2.24) is 0 Å².